The molecule has 0 heterocycles. The molecule has 3 heteroatoms. The van der Waals surface area contributed by atoms with Crippen molar-refractivity contribution in [1.82, 2.24) is 0 Å². The van der Waals surface area contributed by atoms with Crippen molar-refractivity contribution in [1.29, 1.82) is 0 Å². The Bertz CT molecular complexity index is 224. The minimum atomic E-state index is -0.876. The van der Waals surface area contributed by atoms with Gasteiger partial charge in [-0.25, -0.2) is 0 Å². The van der Waals surface area contributed by atoms with Crippen molar-refractivity contribution in [3.05, 3.63) is 30.3 Å². The van der Waals surface area contributed by atoms with Gasteiger partial charge >= 0.3 is 14.5 Å². The van der Waals surface area contributed by atoms with E-state index in [1.807, 2.05) is 30.3 Å². The lowest BCUT2D eigenvalue weighted by atomic mass is 10.3. The lowest BCUT2D eigenvalue weighted by molar-refractivity contribution is 0.219. The zero-order valence-corrected chi connectivity index (χ0v) is 9.35. The molecule has 1 rings (SSSR count). The fraction of sp³-hybridized carbons (Fsp3) is 0.400. The summed E-state index contributed by atoms with van der Waals surface area (Å²) in [6.07, 6.45) is 0. The van der Waals surface area contributed by atoms with E-state index in [2.05, 4.69) is 11.6 Å². The van der Waals surface area contributed by atoms with Crippen molar-refractivity contribution in [2.75, 3.05) is 13.2 Å². The van der Waals surface area contributed by atoms with Gasteiger partial charge in [0, 0.05) is 6.61 Å². The third-order valence-electron chi connectivity index (χ3n) is 1.55. The van der Waals surface area contributed by atoms with Crippen LogP contribution < -0.4 is 4.74 Å². The predicted molar refractivity (Wildman–Crippen MR) is 55.4 cm³/mol. The predicted octanol–water partition coefficient (Wildman–Crippen LogP) is 2.33. The van der Waals surface area contributed by atoms with Crippen LogP contribution in [0, 0.1) is 0 Å². The second-order valence-electron chi connectivity index (χ2n) is 3.08. The van der Waals surface area contributed by atoms with Crippen molar-refractivity contribution in [3.8, 4) is 5.75 Å². The highest BCUT2D eigenvalue weighted by atomic mass is 27.2. The molecule has 13 heavy (non-hydrogen) atoms. The molecule has 1 aromatic carbocycles. The van der Waals surface area contributed by atoms with Crippen LogP contribution in [-0.2, 0) is 3.79 Å². The summed E-state index contributed by atoms with van der Waals surface area (Å²) in [4.78, 5) is 0. The molecule has 0 aliphatic carbocycles. The summed E-state index contributed by atoms with van der Waals surface area (Å²) in [6, 6.07) is 9.81. The van der Waals surface area contributed by atoms with Crippen LogP contribution in [0.2, 0.25) is 11.6 Å². The van der Waals surface area contributed by atoms with E-state index in [9.17, 15) is 0 Å². The van der Waals surface area contributed by atoms with Gasteiger partial charge in [-0.3, -0.25) is 0 Å². The third kappa shape index (κ3) is 4.95. The van der Waals surface area contributed by atoms with Crippen LogP contribution in [0.25, 0.3) is 0 Å². The molecular formula is C10H15AlO2. The number of benzene rings is 1. The van der Waals surface area contributed by atoms with Crippen LogP contribution in [0.1, 0.15) is 0 Å². The van der Waals surface area contributed by atoms with E-state index in [1.165, 1.54) is 0 Å². The Morgan fingerprint density at radius 2 is 1.77 bits per heavy atom. The zero-order valence-electron chi connectivity index (χ0n) is 8.19. The maximum absolute atomic E-state index is 5.48. The Kier molecular flexibility index (Phi) is 4.92. The Morgan fingerprint density at radius 3 is 2.38 bits per heavy atom. The maximum atomic E-state index is 5.48. The first-order chi connectivity index (χ1) is 6.29. The van der Waals surface area contributed by atoms with Gasteiger partial charge in [0.25, 0.3) is 0 Å². The Balaban J connectivity index is 2.13. The summed E-state index contributed by atoms with van der Waals surface area (Å²) in [7, 11) is 0. The number of para-hydroxylation sites is 1. The molecular weight excluding hydrogens is 179 g/mol. The second-order valence-corrected chi connectivity index (χ2v) is 5.51. The monoisotopic (exact) mass is 194 g/mol. The molecule has 0 aliphatic heterocycles. The van der Waals surface area contributed by atoms with Gasteiger partial charge in [-0.15, -0.1) is 0 Å². The summed E-state index contributed by atoms with van der Waals surface area (Å²) < 4.78 is 10.9. The van der Waals surface area contributed by atoms with E-state index in [4.69, 9.17) is 8.53 Å². The fourth-order valence-electron chi connectivity index (χ4n) is 0.960. The standard InChI is InChI=1S/C8H9O2.2CH3.Al/c9-6-7-10-8-4-2-1-3-5-8;;;/h1-5H,6-7H2;2*1H3;/q-1;;;+1. The van der Waals surface area contributed by atoms with Crippen molar-refractivity contribution in [2.24, 2.45) is 0 Å². The summed E-state index contributed by atoms with van der Waals surface area (Å²) in [5.41, 5.74) is 0. The number of ether oxygens (including phenoxy) is 1. The molecule has 0 saturated heterocycles. The molecule has 0 radical (unpaired) electrons. The van der Waals surface area contributed by atoms with E-state index < -0.39 is 14.5 Å². The van der Waals surface area contributed by atoms with E-state index in [1.54, 1.807) is 0 Å². The molecule has 70 valence electrons. The van der Waals surface area contributed by atoms with Gasteiger partial charge < -0.3 is 8.53 Å². The highest BCUT2D eigenvalue weighted by Gasteiger charge is 2.02. The topological polar surface area (TPSA) is 18.5 Å². The molecule has 1 aromatic rings. The Morgan fingerprint density at radius 1 is 1.08 bits per heavy atom. The van der Waals surface area contributed by atoms with Crippen molar-refractivity contribution in [3.63, 3.8) is 0 Å². The van der Waals surface area contributed by atoms with Crippen LogP contribution in [0.3, 0.4) is 0 Å². The quantitative estimate of drug-likeness (QED) is 0.529. The summed E-state index contributed by atoms with van der Waals surface area (Å²) >= 11 is -0.876. The molecule has 0 atom stereocenters. The van der Waals surface area contributed by atoms with Gasteiger partial charge in [0.15, 0.2) is 0 Å². The van der Waals surface area contributed by atoms with Crippen molar-refractivity contribution >= 4 is 14.5 Å². The van der Waals surface area contributed by atoms with Gasteiger partial charge in [0.05, 0.1) is 0 Å². The Labute approximate surface area is 84.2 Å². The van der Waals surface area contributed by atoms with Crippen LogP contribution in [0.4, 0.5) is 0 Å². The van der Waals surface area contributed by atoms with E-state index in [0.29, 0.717) is 13.2 Å². The smallest absolute Gasteiger partial charge is 0.454 e. The van der Waals surface area contributed by atoms with Gasteiger partial charge in [-0.2, -0.15) is 0 Å². The lowest BCUT2D eigenvalue weighted by Crippen LogP contribution is -2.14. The zero-order chi connectivity index (χ0) is 9.52. The van der Waals surface area contributed by atoms with Crippen LogP contribution in [0.5, 0.6) is 5.75 Å². The largest absolute Gasteiger partial charge is 0.498 e. The molecule has 0 aliphatic rings. The normalized spacial score (nSPS) is 9.69. The minimum absolute atomic E-state index is 0.648. The number of hydrogen-bond acceptors (Lipinski definition) is 2. The third-order valence-corrected chi connectivity index (χ3v) is 2.45. The Hall–Kier alpha value is -0.488. The first kappa shape index (κ1) is 10.6. The lowest BCUT2D eigenvalue weighted by Gasteiger charge is -2.07. The number of hydrogen-bond donors (Lipinski definition) is 0. The van der Waals surface area contributed by atoms with Crippen LogP contribution in [0.15, 0.2) is 30.3 Å². The molecule has 0 amide bonds. The molecule has 0 aromatic heterocycles. The first-order valence-electron chi connectivity index (χ1n) is 4.58. The molecule has 0 N–H and O–H groups in total. The average Bonchev–Trinajstić information content (AvgIpc) is 2.14. The first-order valence-corrected chi connectivity index (χ1v) is 7.36. The molecule has 0 spiro atoms. The SMILES string of the molecule is [CH3][Al]([CH3])[O]CCOc1ccccc1. The molecule has 0 saturated carbocycles. The van der Waals surface area contributed by atoms with Crippen molar-refractivity contribution < 1.29 is 8.53 Å². The maximum Gasteiger partial charge on any atom is 0.454 e. The molecule has 2 nitrogen and oxygen atoms in total. The summed E-state index contributed by atoms with van der Waals surface area (Å²) in [5, 5.41) is 0. The van der Waals surface area contributed by atoms with E-state index in [0.717, 1.165) is 5.75 Å². The number of rotatable bonds is 5. The van der Waals surface area contributed by atoms with Crippen molar-refractivity contribution in [2.45, 2.75) is 11.6 Å². The van der Waals surface area contributed by atoms with Crippen LogP contribution in [-0.4, -0.2) is 27.7 Å². The average molecular weight is 194 g/mol. The van der Waals surface area contributed by atoms with Crippen LogP contribution >= 0.6 is 0 Å². The highest BCUT2D eigenvalue weighted by molar-refractivity contribution is 6.48. The van der Waals surface area contributed by atoms with E-state index >= 15 is 0 Å². The van der Waals surface area contributed by atoms with E-state index in [-0.39, 0.29) is 0 Å². The fourth-order valence-corrected chi connectivity index (χ4v) is 1.53. The van der Waals surface area contributed by atoms with Gasteiger partial charge in [-0.05, 0) is 12.1 Å². The minimum Gasteiger partial charge on any atom is -0.498 e. The second kappa shape index (κ2) is 6.04. The molecule has 0 fully saturated rings. The summed E-state index contributed by atoms with van der Waals surface area (Å²) in [6.45, 7) is 1.36. The summed E-state index contributed by atoms with van der Waals surface area (Å²) in [5.74, 6) is 5.22. The highest BCUT2D eigenvalue weighted by Crippen LogP contribution is 2.07. The van der Waals surface area contributed by atoms with Gasteiger partial charge in [0.2, 0.25) is 0 Å². The molecule has 0 unspecified atom stereocenters. The van der Waals surface area contributed by atoms with Gasteiger partial charge in [0.1, 0.15) is 12.4 Å². The molecule has 0 bridgehead atoms. The van der Waals surface area contributed by atoms with Gasteiger partial charge in [-0.1, -0.05) is 29.8 Å².